The predicted octanol–water partition coefficient (Wildman–Crippen LogP) is 7.15. The van der Waals surface area contributed by atoms with Crippen LogP contribution < -0.4 is 5.43 Å². The Morgan fingerprint density at radius 3 is 2.00 bits per heavy atom. The van der Waals surface area contributed by atoms with Crippen molar-refractivity contribution < 1.29 is 33.0 Å². The molecule has 0 saturated heterocycles. The fourth-order valence-electron chi connectivity index (χ4n) is 3.60. The molecule has 0 spiro atoms. The van der Waals surface area contributed by atoms with Gasteiger partial charge in [-0.3, -0.25) is 0 Å². The number of ether oxygens (including phenoxy) is 3. The van der Waals surface area contributed by atoms with E-state index >= 15 is 0 Å². The van der Waals surface area contributed by atoms with E-state index < -0.39 is 32.5 Å². The van der Waals surface area contributed by atoms with Crippen molar-refractivity contribution in [2.75, 3.05) is 13.2 Å². The lowest BCUT2D eigenvalue weighted by molar-refractivity contribution is -0.137. The average molecular weight is 599 g/mol. The first-order valence-electron chi connectivity index (χ1n) is 14.4. The monoisotopic (exact) mass is 598 g/mol. The smallest absolute Gasteiger partial charge is 0.429 e. The number of hydrazine groups is 1. The van der Waals surface area contributed by atoms with E-state index in [-0.39, 0.29) is 24.9 Å². The average Bonchev–Trinajstić information content (AvgIpc) is 2.95. The number of nitrogens with zero attached hydrogens (tertiary/aromatic N) is 1. The maximum atomic E-state index is 13.3. The molecule has 0 aliphatic carbocycles. The Kier molecular flexibility index (Phi) is 14.3. The van der Waals surface area contributed by atoms with Crippen LogP contribution in [0, 0.1) is 0 Å². The lowest BCUT2D eigenvalue weighted by Crippen LogP contribution is -2.51. The molecule has 42 heavy (non-hydrogen) atoms. The van der Waals surface area contributed by atoms with Crippen LogP contribution in [-0.4, -0.2) is 50.7 Å². The fourth-order valence-corrected chi connectivity index (χ4v) is 4.68. The summed E-state index contributed by atoms with van der Waals surface area (Å²) in [5.41, 5.74) is 4.12. The van der Waals surface area contributed by atoms with Gasteiger partial charge < -0.3 is 18.6 Å². The van der Waals surface area contributed by atoms with E-state index in [4.69, 9.17) is 18.6 Å². The summed E-state index contributed by atoms with van der Waals surface area (Å²) < 4.78 is 22.2. The zero-order chi connectivity index (χ0) is 31.0. The summed E-state index contributed by atoms with van der Waals surface area (Å²) in [6, 6.07) is 17.7. The van der Waals surface area contributed by atoms with Crippen molar-refractivity contribution in [3.8, 4) is 0 Å². The number of benzene rings is 2. The highest BCUT2D eigenvalue weighted by atomic mass is 28.4. The number of carbonyl (C=O) groups is 3. The highest BCUT2D eigenvalue weighted by Crippen LogP contribution is 2.36. The fraction of sp³-hybridized carbons (Fsp3) is 0.469. The highest BCUT2D eigenvalue weighted by Gasteiger charge is 2.36. The summed E-state index contributed by atoms with van der Waals surface area (Å²) >= 11 is 0. The first-order chi connectivity index (χ1) is 19.9. The minimum Gasteiger partial charge on any atom is -0.463 e. The summed E-state index contributed by atoms with van der Waals surface area (Å²) in [5, 5.41) is 1.17. The van der Waals surface area contributed by atoms with Crippen LogP contribution in [-0.2, 0) is 36.6 Å². The molecule has 2 aromatic carbocycles. The third-order valence-corrected chi connectivity index (χ3v) is 11.6. The molecule has 0 aromatic heterocycles. The predicted molar refractivity (Wildman–Crippen MR) is 165 cm³/mol. The Balaban J connectivity index is 2.17. The van der Waals surface area contributed by atoms with Crippen LogP contribution in [0.4, 0.5) is 9.59 Å². The SMILES string of the molecule is CCOC(=O)/C=C/[C@@H](CCCCO[Si](C)(C)C(C)(C)C)N(NC(=O)OCc1ccccc1)C(=O)OCc1ccccc1. The Morgan fingerprint density at radius 1 is 0.881 bits per heavy atom. The van der Waals surface area contributed by atoms with Gasteiger partial charge in [0.1, 0.15) is 13.2 Å². The maximum Gasteiger partial charge on any atom is 0.429 e. The van der Waals surface area contributed by atoms with Gasteiger partial charge in [-0.15, -0.1) is 0 Å². The second-order valence-corrected chi connectivity index (χ2v) is 16.2. The highest BCUT2D eigenvalue weighted by molar-refractivity contribution is 6.74. The molecule has 230 valence electrons. The summed E-state index contributed by atoms with van der Waals surface area (Å²) in [6.07, 6.45) is 3.01. The summed E-state index contributed by atoms with van der Waals surface area (Å²) in [7, 11) is -1.90. The van der Waals surface area contributed by atoms with E-state index in [0.29, 0.717) is 19.4 Å². The molecule has 0 unspecified atom stereocenters. The second-order valence-electron chi connectivity index (χ2n) is 11.4. The third kappa shape index (κ3) is 12.5. The number of carbonyl (C=O) groups excluding carboxylic acids is 3. The molecule has 10 heteroatoms. The van der Waals surface area contributed by atoms with Gasteiger partial charge in [-0.1, -0.05) is 87.5 Å². The van der Waals surface area contributed by atoms with Crippen LogP contribution in [0.2, 0.25) is 18.1 Å². The maximum absolute atomic E-state index is 13.3. The molecule has 9 nitrogen and oxygen atoms in total. The molecular formula is C32H46N2O7Si. The van der Waals surface area contributed by atoms with E-state index in [1.165, 1.54) is 12.2 Å². The Bertz CT molecular complexity index is 1130. The topological polar surface area (TPSA) is 103 Å². The number of amides is 2. The summed E-state index contributed by atoms with van der Waals surface area (Å²) in [4.78, 5) is 38.3. The number of unbranched alkanes of at least 4 members (excludes halogenated alkanes) is 1. The van der Waals surface area contributed by atoms with Crippen molar-refractivity contribution in [2.45, 2.75) is 84.3 Å². The quantitative estimate of drug-likeness (QED) is 0.0615. The largest absolute Gasteiger partial charge is 0.463 e. The summed E-state index contributed by atoms with van der Waals surface area (Å²) in [6.45, 7) is 13.5. The first-order valence-corrected chi connectivity index (χ1v) is 17.3. The van der Waals surface area contributed by atoms with Crippen molar-refractivity contribution >= 4 is 26.5 Å². The van der Waals surface area contributed by atoms with Crippen LogP contribution in [0.15, 0.2) is 72.8 Å². The van der Waals surface area contributed by atoms with Gasteiger partial charge in [0.2, 0.25) is 0 Å². The van der Waals surface area contributed by atoms with Crippen LogP contribution >= 0.6 is 0 Å². The number of nitrogens with one attached hydrogen (secondary N) is 1. The molecule has 0 aliphatic rings. The molecule has 1 atom stereocenters. The van der Waals surface area contributed by atoms with Gasteiger partial charge in [0.05, 0.1) is 12.6 Å². The van der Waals surface area contributed by atoms with Gasteiger partial charge in [0.15, 0.2) is 8.32 Å². The van der Waals surface area contributed by atoms with Gasteiger partial charge in [-0.05, 0) is 55.4 Å². The van der Waals surface area contributed by atoms with E-state index in [9.17, 15) is 14.4 Å². The van der Waals surface area contributed by atoms with Gasteiger partial charge in [0, 0.05) is 12.7 Å². The molecule has 0 bridgehead atoms. The minimum absolute atomic E-state index is 0.00554. The molecule has 0 saturated carbocycles. The Labute approximate surface area is 251 Å². The zero-order valence-electron chi connectivity index (χ0n) is 25.8. The van der Waals surface area contributed by atoms with Crippen molar-refractivity contribution in [1.29, 1.82) is 0 Å². The first kappa shape index (κ1) is 34.6. The number of hydrogen-bond acceptors (Lipinski definition) is 7. The lowest BCUT2D eigenvalue weighted by Gasteiger charge is -2.36. The van der Waals surface area contributed by atoms with Gasteiger partial charge in [-0.2, -0.15) is 0 Å². The van der Waals surface area contributed by atoms with Crippen molar-refractivity contribution in [3.05, 3.63) is 83.9 Å². The molecule has 0 radical (unpaired) electrons. The van der Waals surface area contributed by atoms with Gasteiger partial charge in [-0.25, -0.2) is 24.8 Å². The van der Waals surface area contributed by atoms with Crippen LogP contribution in [0.5, 0.6) is 0 Å². The molecule has 2 rings (SSSR count). The molecule has 0 heterocycles. The van der Waals surface area contributed by atoms with Crippen LogP contribution in [0.25, 0.3) is 0 Å². The number of hydrogen-bond donors (Lipinski definition) is 1. The Hall–Kier alpha value is -3.63. The second kappa shape index (κ2) is 17.4. The molecule has 0 fully saturated rings. The van der Waals surface area contributed by atoms with Crippen molar-refractivity contribution in [2.24, 2.45) is 0 Å². The van der Waals surface area contributed by atoms with Crippen molar-refractivity contribution in [1.82, 2.24) is 10.4 Å². The van der Waals surface area contributed by atoms with Gasteiger partial charge >= 0.3 is 18.2 Å². The zero-order valence-corrected chi connectivity index (χ0v) is 26.8. The van der Waals surface area contributed by atoms with E-state index in [0.717, 1.165) is 22.6 Å². The molecule has 2 amide bonds. The molecule has 2 aromatic rings. The third-order valence-electron chi connectivity index (χ3n) is 7.06. The number of rotatable bonds is 14. The van der Waals surface area contributed by atoms with Crippen LogP contribution in [0.1, 0.15) is 58.1 Å². The summed E-state index contributed by atoms with van der Waals surface area (Å²) in [5.74, 6) is -0.548. The molecule has 0 aliphatic heterocycles. The number of esters is 1. The standard InChI is InChI=1S/C32H46N2O7Si/c1-7-38-29(35)22-21-28(20-14-15-23-41-42(5,6)32(2,3)4)34(31(37)40-25-27-18-12-9-13-19-27)33-30(36)39-24-26-16-10-8-11-17-26/h8-13,16-19,21-22,28H,7,14-15,20,23-25H2,1-6H3,(H,33,36)/b22-21+/t28-/m1/s1. The Morgan fingerprint density at radius 2 is 1.45 bits per heavy atom. The van der Waals surface area contributed by atoms with E-state index in [2.05, 4.69) is 39.3 Å². The van der Waals surface area contributed by atoms with Crippen LogP contribution in [0.3, 0.4) is 0 Å². The van der Waals surface area contributed by atoms with E-state index in [1.807, 2.05) is 60.7 Å². The van der Waals surface area contributed by atoms with Crippen molar-refractivity contribution in [3.63, 3.8) is 0 Å². The minimum atomic E-state index is -1.90. The molecular weight excluding hydrogens is 552 g/mol. The van der Waals surface area contributed by atoms with Gasteiger partial charge in [0.25, 0.3) is 0 Å². The van der Waals surface area contributed by atoms with E-state index in [1.54, 1.807) is 6.92 Å². The molecule has 1 N–H and O–H groups in total. The lowest BCUT2D eigenvalue weighted by atomic mass is 10.1. The normalized spacial score (nSPS) is 12.4.